The molecular formula is C17H15Cl2NOS. The van der Waals surface area contributed by atoms with E-state index in [0.29, 0.717) is 10.0 Å². The molecule has 0 bridgehead atoms. The number of carbonyl (C=O) groups is 1. The quantitative estimate of drug-likeness (QED) is 0.852. The van der Waals surface area contributed by atoms with E-state index >= 15 is 0 Å². The third kappa shape index (κ3) is 3.27. The second-order valence-corrected chi connectivity index (χ2v) is 7.38. The van der Waals surface area contributed by atoms with Crippen LogP contribution in [-0.4, -0.2) is 11.2 Å². The molecule has 1 heterocycles. The van der Waals surface area contributed by atoms with Crippen LogP contribution in [0, 0.1) is 0 Å². The van der Waals surface area contributed by atoms with Gasteiger partial charge in [0.2, 0.25) is 5.91 Å². The maximum absolute atomic E-state index is 12.5. The standard InChI is InChI=1S/C17H15Cl2NOS/c1-10(11-6-7-13(18)14(19)8-11)20-17(21)16-9-12-4-2-3-5-15(12)22-16/h2-8,10,16H,9H2,1H3,(H,20,21). The molecule has 0 radical (unpaired) electrons. The zero-order chi connectivity index (χ0) is 15.7. The first-order chi connectivity index (χ1) is 10.5. The summed E-state index contributed by atoms with van der Waals surface area (Å²) in [4.78, 5) is 13.7. The van der Waals surface area contributed by atoms with Crippen LogP contribution in [0.2, 0.25) is 10.0 Å². The molecule has 2 atom stereocenters. The van der Waals surface area contributed by atoms with Crippen molar-refractivity contribution in [1.82, 2.24) is 5.32 Å². The van der Waals surface area contributed by atoms with E-state index in [1.165, 1.54) is 10.5 Å². The topological polar surface area (TPSA) is 29.1 Å². The molecule has 0 fully saturated rings. The summed E-state index contributed by atoms with van der Waals surface area (Å²) in [5.74, 6) is 0.0553. The van der Waals surface area contributed by atoms with E-state index < -0.39 is 0 Å². The minimum atomic E-state index is -0.105. The summed E-state index contributed by atoms with van der Waals surface area (Å²) in [6.45, 7) is 1.95. The van der Waals surface area contributed by atoms with Gasteiger partial charge in [-0.25, -0.2) is 0 Å². The van der Waals surface area contributed by atoms with Crippen LogP contribution in [0.15, 0.2) is 47.4 Å². The molecule has 0 saturated heterocycles. The largest absolute Gasteiger partial charge is 0.349 e. The minimum absolute atomic E-state index is 0.0553. The van der Waals surface area contributed by atoms with Crippen LogP contribution in [0.4, 0.5) is 0 Å². The fourth-order valence-corrected chi connectivity index (χ4v) is 4.01. The number of benzene rings is 2. The predicted octanol–water partition coefficient (Wildman–Crippen LogP) is 4.89. The van der Waals surface area contributed by atoms with Gasteiger partial charge in [-0.05, 0) is 42.7 Å². The zero-order valence-electron chi connectivity index (χ0n) is 12.0. The highest BCUT2D eigenvalue weighted by Crippen LogP contribution is 2.37. The van der Waals surface area contributed by atoms with Gasteiger partial charge in [0.25, 0.3) is 0 Å². The van der Waals surface area contributed by atoms with Gasteiger partial charge in [-0.3, -0.25) is 4.79 Å². The molecule has 114 valence electrons. The highest BCUT2D eigenvalue weighted by molar-refractivity contribution is 8.01. The molecule has 2 aromatic rings. The van der Waals surface area contributed by atoms with Crippen molar-refractivity contribution in [2.45, 2.75) is 29.5 Å². The second kappa shape index (κ2) is 6.53. The first-order valence-electron chi connectivity index (χ1n) is 7.04. The number of hydrogen-bond acceptors (Lipinski definition) is 2. The Bertz CT molecular complexity index is 695. The van der Waals surface area contributed by atoms with E-state index in [1.807, 2.05) is 25.1 Å². The monoisotopic (exact) mass is 351 g/mol. The van der Waals surface area contributed by atoms with Crippen molar-refractivity contribution in [3.05, 3.63) is 63.6 Å². The third-order valence-electron chi connectivity index (χ3n) is 3.74. The highest BCUT2D eigenvalue weighted by Gasteiger charge is 2.28. The van der Waals surface area contributed by atoms with Crippen molar-refractivity contribution in [2.75, 3.05) is 0 Å². The fourth-order valence-electron chi connectivity index (χ4n) is 2.50. The van der Waals surface area contributed by atoms with Crippen molar-refractivity contribution < 1.29 is 4.79 Å². The van der Waals surface area contributed by atoms with E-state index in [1.54, 1.807) is 23.9 Å². The molecule has 0 aromatic heterocycles. The number of amides is 1. The SMILES string of the molecule is CC(NC(=O)C1Cc2ccccc2S1)c1ccc(Cl)c(Cl)c1. The molecule has 0 saturated carbocycles. The first kappa shape index (κ1) is 15.7. The Balaban J connectivity index is 1.66. The number of halogens is 2. The van der Waals surface area contributed by atoms with Crippen LogP contribution < -0.4 is 5.32 Å². The Morgan fingerprint density at radius 2 is 2.00 bits per heavy atom. The molecule has 2 aromatic carbocycles. The molecular weight excluding hydrogens is 337 g/mol. The van der Waals surface area contributed by atoms with Crippen molar-refractivity contribution in [3.63, 3.8) is 0 Å². The van der Waals surface area contributed by atoms with E-state index in [9.17, 15) is 4.79 Å². The van der Waals surface area contributed by atoms with E-state index in [-0.39, 0.29) is 17.2 Å². The maximum Gasteiger partial charge on any atom is 0.234 e. The van der Waals surface area contributed by atoms with E-state index in [2.05, 4.69) is 17.4 Å². The van der Waals surface area contributed by atoms with E-state index in [4.69, 9.17) is 23.2 Å². The highest BCUT2D eigenvalue weighted by atomic mass is 35.5. The van der Waals surface area contributed by atoms with Gasteiger partial charge in [0.05, 0.1) is 21.3 Å². The van der Waals surface area contributed by atoms with Gasteiger partial charge < -0.3 is 5.32 Å². The zero-order valence-corrected chi connectivity index (χ0v) is 14.3. The number of fused-ring (bicyclic) bond motifs is 1. The normalized spacial score (nSPS) is 17.9. The summed E-state index contributed by atoms with van der Waals surface area (Å²) < 4.78 is 0. The maximum atomic E-state index is 12.5. The summed E-state index contributed by atoms with van der Waals surface area (Å²) >= 11 is 13.6. The Kier molecular flexibility index (Phi) is 4.67. The molecule has 1 N–H and O–H groups in total. The lowest BCUT2D eigenvalue weighted by Gasteiger charge is -2.17. The molecule has 2 nitrogen and oxygen atoms in total. The fraction of sp³-hybridized carbons (Fsp3) is 0.235. The Morgan fingerprint density at radius 3 is 2.73 bits per heavy atom. The Morgan fingerprint density at radius 1 is 1.23 bits per heavy atom. The van der Waals surface area contributed by atoms with Crippen LogP contribution in [0.5, 0.6) is 0 Å². The molecule has 5 heteroatoms. The van der Waals surface area contributed by atoms with Crippen molar-refractivity contribution in [3.8, 4) is 0 Å². The molecule has 1 aliphatic heterocycles. The third-order valence-corrected chi connectivity index (χ3v) is 5.80. The number of hydrogen-bond donors (Lipinski definition) is 1. The van der Waals surface area contributed by atoms with Crippen molar-refractivity contribution in [1.29, 1.82) is 0 Å². The summed E-state index contributed by atoms with van der Waals surface area (Å²) in [5, 5.41) is 4.01. The number of rotatable bonds is 3. The minimum Gasteiger partial charge on any atom is -0.349 e. The molecule has 22 heavy (non-hydrogen) atoms. The van der Waals surface area contributed by atoms with Gasteiger partial charge in [0, 0.05) is 4.90 Å². The summed E-state index contributed by atoms with van der Waals surface area (Å²) in [6, 6.07) is 13.5. The number of nitrogens with one attached hydrogen (secondary N) is 1. The summed E-state index contributed by atoms with van der Waals surface area (Å²) in [5.41, 5.74) is 2.19. The van der Waals surface area contributed by atoms with Crippen molar-refractivity contribution >= 4 is 40.9 Å². The van der Waals surface area contributed by atoms with Gasteiger partial charge in [-0.1, -0.05) is 47.5 Å². The summed E-state index contributed by atoms with van der Waals surface area (Å²) in [7, 11) is 0. The van der Waals surface area contributed by atoms with Gasteiger partial charge in [-0.2, -0.15) is 0 Å². The van der Waals surface area contributed by atoms with Crippen LogP contribution in [0.25, 0.3) is 0 Å². The smallest absolute Gasteiger partial charge is 0.234 e. The lowest BCUT2D eigenvalue weighted by molar-refractivity contribution is -0.121. The van der Waals surface area contributed by atoms with Gasteiger partial charge in [0.15, 0.2) is 0 Å². The van der Waals surface area contributed by atoms with Crippen LogP contribution >= 0.6 is 35.0 Å². The molecule has 0 spiro atoms. The van der Waals surface area contributed by atoms with Crippen LogP contribution in [-0.2, 0) is 11.2 Å². The van der Waals surface area contributed by atoms with Gasteiger partial charge in [-0.15, -0.1) is 11.8 Å². The average Bonchev–Trinajstić information content (AvgIpc) is 2.94. The second-order valence-electron chi connectivity index (χ2n) is 5.32. The van der Waals surface area contributed by atoms with Crippen LogP contribution in [0.3, 0.4) is 0 Å². The molecule has 0 aliphatic carbocycles. The Labute approximate surface area is 144 Å². The molecule has 1 aliphatic rings. The van der Waals surface area contributed by atoms with Crippen LogP contribution in [0.1, 0.15) is 24.1 Å². The predicted molar refractivity (Wildman–Crippen MR) is 92.8 cm³/mol. The molecule has 3 rings (SSSR count). The van der Waals surface area contributed by atoms with E-state index in [0.717, 1.165) is 12.0 Å². The number of carbonyl (C=O) groups excluding carboxylic acids is 1. The molecule has 2 unspecified atom stereocenters. The lowest BCUT2D eigenvalue weighted by atomic mass is 10.1. The van der Waals surface area contributed by atoms with Crippen molar-refractivity contribution in [2.24, 2.45) is 0 Å². The Hall–Kier alpha value is -1.16. The molecule has 1 amide bonds. The summed E-state index contributed by atoms with van der Waals surface area (Å²) in [6.07, 6.45) is 0.779. The van der Waals surface area contributed by atoms with Gasteiger partial charge >= 0.3 is 0 Å². The first-order valence-corrected chi connectivity index (χ1v) is 8.68. The number of thioether (sulfide) groups is 1. The lowest BCUT2D eigenvalue weighted by Crippen LogP contribution is -2.34. The van der Waals surface area contributed by atoms with Gasteiger partial charge in [0.1, 0.15) is 0 Å². The average molecular weight is 352 g/mol.